The van der Waals surface area contributed by atoms with Gasteiger partial charge in [0.1, 0.15) is 0 Å². The Hall–Kier alpha value is -0.220. The van der Waals surface area contributed by atoms with Crippen molar-refractivity contribution in [1.29, 1.82) is 0 Å². The predicted molar refractivity (Wildman–Crippen MR) is 86.5 cm³/mol. The highest BCUT2D eigenvalue weighted by Gasteiger charge is 2.36. The van der Waals surface area contributed by atoms with Gasteiger partial charge in [0, 0.05) is 29.9 Å². The van der Waals surface area contributed by atoms with Gasteiger partial charge in [-0.3, -0.25) is 4.90 Å². The van der Waals surface area contributed by atoms with Crippen LogP contribution in [0, 0.1) is 0 Å². The van der Waals surface area contributed by atoms with E-state index in [1.807, 2.05) is 24.3 Å². The second kappa shape index (κ2) is 6.27. The summed E-state index contributed by atoms with van der Waals surface area (Å²) in [6, 6.07) is 8.41. The molecule has 20 heavy (non-hydrogen) atoms. The Labute approximate surface area is 130 Å². The Bertz CT molecular complexity index is 436. The number of halogens is 1. The topological polar surface area (TPSA) is 23.5 Å². The molecule has 0 radical (unpaired) electrons. The Balaban J connectivity index is 1.63. The maximum absolute atomic E-state index is 10.9. The molecular formula is C16H22ClNOS. The zero-order valence-corrected chi connectivity index (χ0v) is 13.3. The van der Waals surface area contributed by atoms with Gasteiger partial charge in [-0.15, -0.1) is 0 Å². The number of aliphatic hydroxyl groups is 1. The van der Waals surface area contributed by atoms with Crippen LogP contribution in [0.25, 0.3) is 0 Å². The van der Waals surface area contributed by atoms with Gasteiger partial charge in [0.2, 0.25) is 0 Å². The zero-order chi connectivity index (χ0) is 14.0. The van der Waals surface area contributed by atoms with Crippen molar-refractivity contribution in [2.24, 2.45) is 0 Å². The summed E-state index contributed by atoms with van der Waals surface area (Å²) in [4.78, 5) is 2.58. The van der Waals surface area contributed by atoms with Gasteiger partial charge in [-0.2, -0.15) is 11.8 Å². The van der Waals surface area contributed by atoms with Crippen LogP contribution in [0.5, 0.6) is 0 Å². The van der Waals surface area contributed by atoms with Gasteiger partial charge in [-0.1, -0.05) is 23.7 Å². The Morgan fingerprint density at radius 1 is 1.20 bits per heavy atom. The van der Waals surface area contributed by atoms with Crippen LogP contribution in [0.1, 0.15) is 31.2 Å². The first-order chi connectivity index (χ1) is 9.67. The lowest BCUT2D eigenvalue weighted by atomic mass is 9.84. The van der Waals surface area contributed by atoms with Crippen molar-refractivity contribution in [3.63, 3.8) is 0 Å². The molecule has 2 fully saturated rings. The molecule has 2 aliphatic rings. The normalized spacial score (nSPS) is 27.4. The van der Waals surface area contributed by atoms with Crippen LogP contribution in [0.4, 0.5) is 0 Å². The highest BCUT2D eigenvalue weighted by Crippen LogP contribution is 2.35. The van der Waals surface area contributed by atoms with E-state index in [0.29, 0.717) is 0 Å². The molecule has 2 aliphatic heterocycles. The number of rotatable bonds is 2. The Morgan fingerprint density at radius 2 is 1.90 bits per heavy atom. The van der Waals surface area contributed by atoms with E-state index in [1.54, 1.807) is 0 Å². The molecule has 1 aromatic carbocycles. The molecular weight excluding hydrogens is 290 g/mol. The zero-order valence-electron chi connectivity index (χ0n) is 11.7. The monoisotopic (exact) mass is 311 g/mol. The van der Waals surface area contributed by atoms with Crippen molar-refractivity contribution >= 4 is 23.4 Å². The van der Waals surface area contributed by atoms with E-state index in [4.69, 9.17) is 11.6 Å². The Morgan fingerprint density at radius 3 is 2.50 bits per heavy atom. The largest absolute Gasteiger partial charge is 0.385 e. The number of thioether (sulfide) groups is 1. The van der Waals surface area contributed by atoms with Crippen LogP contribution in [0.15, 0.2) is 24.3 Å². The summed E-state index contributed by atoms with van der Waals surface area (Å²) in [6.45, 7) is 2.01. The van der Waals surface area contributed by atoms with Gasteiger partial charge >= 0.3 is 0 Å². The van der Waals surface area contributed by atoms with E-state index in [9.17, 15) is 5.11 Å². The third kappa shape index (κ3) is 3.16. The maximum Gasteiger partial charge on any atom is 0.0920 e. The molecule has 0 aliphatic carbocycles. The van der Waals surface area contributed by atoms with Crippen molar-refractivity contribution < 1.29 is 5.11 Å². The second-order valence-corrected chi connectivity index (χ2v) is 7.53. The SMILES string of the molecule is OC1(c2ccc(Cl)cc2)CCN([C@H]2CCCSC2)CC1. The van der Waals surface area contributed by atoms with Gasteiger partial charge in [0.25, 0.3) is 0 Å². The number of benzene rings is 1. The maximum atomic E-state index is 10.9. The van der Waals surface area contributed by atoms with E-state index in [0.717, 1.165) is 42.6 Å². The molecule has 0 spiro atoms. The molecule has 0 bridgehead atoms. The standard InChI is InChI=1S/C16H22ClNOS/c17-14-5-3-13(4-6-14)16(19)7-9-18(10-8-16)15-2-1-11-20-12-15/h3-6,15,19H,1-2,7-12H2/t15-/m0/s1. The predicted octanol–water partition coefficient (Wildman–Crippen LogP) is 3.52. The van der Waals surface area contributed by atoms with E-state index in [-0.39, 0.29) is 0 Å². The highest BCUT2D eigenvalue weighted by atomic mass is 35.5. The third-order valence-electron chi connectivity index (χ3n) is 4.66. The van der Waals surface area contributed by atoms with Crippen LogP contribution < -0.4 is 0 Å². The number of piperidine rings is 1. The smallest absolute Gasteiger partial charge is 0.0920 e. The first kappa shape index (κ1) is 14.7. The van der Waals surface area contributed by atoms with E-state index < -0.39 is 5.60 Å². The average Bonchev–Trinajstić information content (AvgIpc) is 2.49. The Kier molecular flexibility index (Phi) is 4.61. The van der Waals surface area contributed by atoms with Gasteiger partial charge in [0.15, 0.2) is 0 Å². The fourth-order valence-electron chi connectivity index (χ4n) is 3.32. The summed E-state index contributed by atoms with van der Waals surface area (Å²) in [6.07, 6.45) is 4.32. The molecule has 2 saturated heterocycles. The summed E-state index contributed by atoms with van der Waals surface area (Å²) in [7, 11) is 0. The van der Waals surface area contributed by atoms with Crippen molar-refractivity contribution in [2.75, 3.05) is 24.6 Å². The molecule has 110 valence electrons. The fraction of sp³-hybridized carbons (Fsp3) is 0.625. The van der Waals surface area contributed by atoms with Gasteiger partial charge < -0.3 is 5.11 Å². The lowest BCUT2D eigenvalue weighted by Crippen LogP contribution is -2.48. The summed E-state index contributed by atoms with van der Waals surface area (Å²) in [5.74, 6) is 2.58. The van der Waals surface area contributed by atoms with Crippen molar-refractivity contribution in [3.05, 3.63) is 34.9 Å². The molecule has 1 N–H and O–H groups in total. The molecule has 0 amide bonds. The summed E-state index contributed by atoms with van der Waals surface area (Å²) in [5, 5.41) is 11.6. The number of hydrogen-bond donors (Lipinski definition) is 1. The number of nitrogens with zero attached hydrogens (tertiary/aromatic N) is 1. The van der Waals surface area contributed by atoms with E-state index in [1.165, 1.54) is 24.3 Å². The first-order valence-corrected chi connectivity index (χ1v) is 9.01. The molecule has 0 aromatic heterocycles. The van der Waals surface area contributed by atoms with Gasteiger partial charge in [0.05, 0.1) is 5.60 Å². The lowest BCUT2D eigenvalue weighted by molar-refractivity contribution is -0.0344. The molecule has 4 heteroatoms. The fourth-order valence-corrected chi connectivity index (χ4v) is 4.63. The van der Waals surface area contributed by atoms with Gasteiger partial charge in [-0.05, 0) is 49.1 Å². The molecule has 0 unspecified atom stereocenters. The number of likely N-dealkylation sites (tertiary alicyclic amines) is 1. The van der Waals surface area contributed by atoms with Crippen LogP contribution in [-0.2, 0) is 5.60 Å². The van der Waals surface area contributed by atoms with Crippen molar-refractivity contribution in [1.82, 2.24) is 4.90 Å². The van der Waals surface area contributed by atoms with E-state index in [2.05, 4.69) is 16.7 Å². The van der Waals surface area contributed by atoms with Crippen molar-refractivity contribution in [3.8, 4) is 0 Å². The lowest BCUT2D eigenvalue weighted by Gasteiger charge is -2.43. The minimum absolute atomic E-state index is 0.664. The summed E-state index contributed by atoms with van der Waals surface area (Å²) in [5.41, 5.74) is 0.350. The van der Waals surface area contributed by atoms with Crippen LogP contribution >= 0.6 is 23.4 Å². The van der Waals surface area contributed by atoms with Crippen LogP contribution in [0.2, 0.25) is 5.02 Å². The van der Waals surface area contributed by atoms with Crippen molar-refractivity contribution in [2.45, 2.75) is 37.3 Å². The third-order valence-corrected chi connectivity index (χ3v) is 6.11. The second-order valence-electron chi connectivity index (χ2n) is 5.95. The minimum atomic E-state index is -0.664. The quantitative estimate of drug-likeness (QED) is 0.904. The molecule has 2 heterocycles. The highest BCUT2D eigenvalue weighted by molar-refractivity contribution is 7.99. The summed E-state index contributed by atoms with van der Waals surface area (Å²) < 4.78 is 0. The van der Waals surface area contributed by atoms with Crippen LogP contribution in [0.3, 0.4) is 0 Å². The van der Waals surface area contributed by atoms with E-state index >= 15 is 0 Å². The molecule has 3 rings (SSSR count). The molecule has 1 aromatic rings. The molecule has 2 nitrogen and oxygen atoms in total. The summed E-state index contributed by atoms with van der Waals surface area (Å²) >= 11 is 8.00. The molecule has 0 saturated carbocycles. The van der Waals surface area contributed by atoms with Crippen LogP contribution in [-0.4, -0.2) is 40.6 Å². The number of hydrogen-bond acceptors (Lipinski definition) is 3. The minimum Gasteiger partial charge on any atom is -0.385 e. The average molecular weight is 312 g/mol. The molecule has 1 atom stereocenters. The van der Waals surface area contributed by atoms with Gasteiger partial charge in [-0.25, -0.2) is 0 Å². The first-order valence-electron chi connectivity index (χ1n) is 7.48.